The molecule has 0 atom stereocenters. The van der Waals surface area contributed by atoms with Crippen molar-refractivity contribution in [1.82, 2.24) is 4.57 Å². The summed E-state index contributed by atoms with van der Waals surface area (Å²) in [6.45, 7) is 2.16. The molecule has 0 bridgehead atoms. The third kappa shape index (κ3) is 1.24. The number of nitrogens with zero attached hydrogens (tertiary/aromatic N) is 1. The van der Waals surface area contributed by atoms with Gasteiger partial charge in [-0.05, 0) is 24.1 Å². The number of aromatic nitrogens is 1. The number of halogens is 1. The fourth-order valence-electron chi connectivity index (χ4n) is 1.74. The highest BCUT2D eigenvalue weighted by Gasteiger charge is 2.05. The smallest absolute Gasteiger partial charge is 0.0669 e. The lowest BCUT2D eigenvalue weighted by Gasteiger charge is -2.03. The van der Waals surface area contributed by atoms with Crippen LogP contribution in [0.15, 0.2) is 24.4 Å². The van der Waals surface area contributed by atoms with Gasteiger partial charge in [0.25, 0.3) is 0 Å². The number of benzene rings is 1. The molecule has 0 N–H and O–H groups in total. The van der Waals surface area contributed by atoms with Gasteiger partial charge in [-0.15, -0.1) is 0 Å². The molecule has 0 aliphatic carbocycles. The van der Waals surface area contributed by atoms with Gasteiger partial charge in [-0.25, -0.2) is 0 Å². The number of fused-ring (bicyclic) bond motifs is 1. The van der Waals surface area contributed by atoms with Crippen LogP contribution in [0.2, 0.25) is 5.02 Å². The fourth-order valence-corrected chi connectivity index (χ4v) is 2.03. The monoisotopic (exact) mass is 193 g/mol. The van der Waals surface area contributed by atoms with Crippen LogP contribution in [0.3, 0.4) is 0 Å². The first-order valence-electron chi connectivity index (χ1n) is 4.46. The van der Waals surface area contributed by atoms with Gasteiger partial charge in [-0.2, -0.15) is 0 Å². The highest BCUT2D eigenvalue weighted by Crippen LogP contribution is 2.27. The van der Waals surface area contributed by atoms with Gasteiger partial charge in [0.2, 0.25) is 0 Å². The first-order chi connectivity index (χ1) is 6.24. The molecule has 0 amide bonds. The number of hydrogen-bond donors (Lipinski definition) is 0. The molecule has 13 heavy (non-hydrogen) atoms. The molecule has 1 nitrogen and oxygen atoms in total. The van der Waals surface area contributed by atoms with E-state index in [1.807, 2.05) is 13.1 Å². The van der Waals surface area contributed by atoms with Crippen molar-refractivity contribution >= 4 is 22.5 Å². The molecule has 2 aromatic rings. The van der Waals surface area contributed by atoms with Crippen molar-refractivity contribution in [1.29, 1.82) is 0 Å². The molecule has 2 heteroatoms. The van der Waals surface area contributed by atoms with E-state index in [-0.39, 0.29) is 0 Å². The molecular formula is C11H12ClN. The lowest BCUT2D eigenvalue weighted by atomic mass is 10.1. The second kappa shape index (κ2) is 3.08. The maximum atomic E-state index is 6.11. The van der Waals surface area contributed by atoms with Crippen LogP contribution in [-0.4, -0.2) is 4.57 Å². The van der Waals surface area contributed by atoms with Crippen LogP contribution >= 0.6 is 11.6 Å². The highest BCUT2D eigenvalue weighted by molar-refractivity contribution is 6.35. The van der Waals surface area contributed by atoms with Crippen molar-refractivity contribution in [3.05, 3.63) is 35.0 Å². The quantitative estimate of drug-likeness (QED) is 0.654. The van der Waals surface area contributed by atoms with Gasteiger partial charge in [0.05, 0.1) is 10.5 Å². The van der Waals surface area contributed by atoms with Crippen LogP contribution in [0.1, 0.15) is 12.5 Å². The van der Waals surface area contributed by atoms with Crippen molar-refractivity contribution in [2.75, 3.05) is 0 Å². The van der Waals surface area contributed by atoms with Crippen LogP contribution in [0.25, 0.3) is 10.9 Å². The summed E-state index contributed by atoms with van der Waals surface area (Å²) in [6.07, 6.45) is 3.10. The second-order valence-corrected chi connectivity index (χ2v) is 3.66. The van der Waals surface area contributed by atoms with E-state index >= 15 is 0 Å². The summed E-state index contributed by atoms with van der Waals surface area (Å²) in [7, 11) is 2.02. The van der Waals surface area contributed by atoms with Crippen molar-refractivity contribution in [2.24, 2.45) is 7.05 Å². The Morgan fingerprint density at radius 3 is 2.77 bits per heavy atom. The van der Waals surface area contributed by atoms with Crippen LogP contribution < -0.4 is 0 Å². The van der Waals surface area contributed by atoms with E-state index in [1.54, 1.807) is 0 Å². The molecule has 0 saturated carbocycles. The van der Waals surface area contributed by atoms with E-state index in [2.05, 4.69) is 29.8 Å². The van der Waals surface area contributed by atoms with E-state index in [4.69, 9.17) is 11.6 Å². The van der Waals surface area contributed by atoms with Crippen molar-refractivity contribution < 1.29 is 0 Å². The summed E-state index contributed by atoms with van der Waals surface area (Å²) in [6, 6.07) is 6.20. The molecule has 0 saturated heterocycles. The zero-order chi connectivity index (χ0) is 9.42. The van der Waals surface area contributed by atoms with E-state index in [9.17, 15) is 0 Å². The van der Waals surface area contributed by atoms with Crippen LogP contribution in [-0.2, 0) is 13.5 Å². The molecule has 0 radical (unpaired) electrons. The lowest BCUT2D eigenvalue weighted by molar-refractivity contribution is 0.969. The van der Waals surface area contributed by atoms with Gasteiger partial charge >= 0.3 is 0 Å². The molecule has 0 fully saturated rings. The largest absolute Gasteiger partial charge is 0.349 e. The minimum atomic E-state index is 0.833. The first-order valence-corrected chi connectivity index (χ1v) is 4.84. The maximum Gasteiger partial charge on any atom is 0.0669 e. The van der Waals surface area contributed by atoms with E-state index in [0.29, 0.717) is 0 Å². The van der Waals surface area contributed by atoms with Gasteiger partial charge in [0.1, 0.15) is 0 Å². The number of hydrogen-bond acceptors (Lipinski definition) is 0. The van der Waals surface area contributed by atoms with Crippen molar-refractivity contribution in [3.8, 4) is 0 Å². The molecule has 1 aromatic carbocycles. The second-order valence-electron chi connectivity index (χ2n) is 3.25. The summed E-state index contributed by atoms with van der Waals surface area (Å²) >= 11 is 6.11. The van der Waals surface area contributed by atoms with Crippen LogP contribution in [0, 0.1) is 0 Å². The summed E-state index contributed by atoms with van der Waals surface area (Å²) in [5, 5.41) is 2.11. The topological polar surface area (TPSA) is 4.93 Å². The average Bonchev–Trinajstić information content (AvgIpc) is 2.50. The Balaban J connectivity index is 2.87. The van der Waals surface area contributed by atoms with Crippen molar-refractivity contribution in [3.63, 3.8) is 0 Å². The number of rotatable bonds is 1. The fraction of sp³-hybridized carbons (Fsp3) is 0.273. The van der Waals surface area contributed by atoms with Crippen LogP contribution in [0.4, 0.5) is 0 Å². The Bertz CT molecular complexity index is 443. The van der Waals surface area contributed by atoms with Gasteiger partial charge in [-0.3, -0.25) is 0 Å². The van der Waals surface area contributed by atoms with Gasteiger partial charge in [-0.1, -0.05) is 24.6 Å². The Morgan fingerprint density at radius 1 is 1.31 bits per heavy atom. The average molecular weight is 194 g/mol. The van der Waals surface area contributed by atoms with E-state index in [0.717, 1.165) is 17.0 Å². The first kappa shape index (κ1) is 8.64. The molecule has 68 valence electrons. The van der Waals surface area contributed by atoms with Gasteiger partial charge in [0, 0.05) is 18.6 Å². The normalized spacial score (nSPS) is 11.0. The molecule has 1 heterocycles. The zero-order valence-corrected chi connectivity index (χ0v) is 8.60. The Morgan fingerprint density at radius 2 is 2.08 bits per heavy atom. The molecule has 0 aliphatic rings. The molecule has 2 rings (SSSR count). The van der Waals surface area contributed by atoms with Gasteiger partial charge in [0.15, 0.2) is 0 Å². The summed E-state index contributed by atoms with van der Waals surface area (Å²) in [4.78, 5) is 0. The lowest BCUT2D eigenvalue weighted by Crippen LogP contribution is -1.87. The van der Waals surface area contributed by atoms with E-state index in [1.165, 1.54) is 10.9 Å². The predicted molar refractivity (Wildman–Crippen MR) is 57.3 cm³/mol. The Kier molecular flexibility index (Phi) is 2.04. The van der Waals surface area contributed by atoms with Crippen LogP contribution in [0.5, 0.6) is 0 Å². The molecule has 0 unspecified atom stereocenters. The molecule has 0 spiro atoms. The minimum Gasteiger partial charge on any atom is -0.349 e. The third-order valence-electron chi connectivity index (χ3n) is 2.46. The van der Waals surface area contributed by atoms with Gasteiger partial charge < -0.3 is 4.57 Å². The molecule has 1 aromatic heterocycles. The molecule has 0 aliphatic heterocycles. The molecular weight excluding hydrogens is 182 g/mol. The standard InChI is InChI=1S/C11H12ClN/c1-3-8-4-5-10(12)11-9(8)6-7-13(11)2/h4-7H,3H2,1-2H3. The summed E-state index contributed by atoms with van der Waals surface area (Å²) in [5.74, 6) is 0. The zero-order valence-electron chi connectivity index (χ0n) is 7.84. The maximum absolute atomic E-state index is 6.11. The van der Waals surface area contributed by atoms with Crippen molar-refractivity contribution in [2.45, 2.75) is 13.3 Å². The Hall–Kier alpha value is -0.950. The predicted octanol–water partition coefficient (Wildman–Crippen LogP) is 3.39. The minimum absolute atomic E-state index is 0.833. The van der Waals surface area contributed by atoms with E-state index < -0.39 is 0 Å². The summed E-state index contributed by atoms with van der Waals surface area (Å²) < 4.78 is 2.07. The number of aryl methyl sites for hydroxylation is 2. The Labute approximate surface area is 82.9 Å². The third-order valence-corrected chi connectivity index (χ3v) is 2.76. The SMILES string of the molecule is CCc1ccc(Cl)c2c1ccn2C. The summed E-state index contributed by atoms with van der Waals surface area (Å²) in [5.41, 5.74) is 2.50. The highest BCUT2D eigenvalue weighted by atomic mass is 35.5.